The van der Waals surface area contributed by atoms with Crippen LogP contribution < -0.4 is 11.1 Å². The number of nitrogens with zero attached hydrogens (tertiary/aromatic N) is 1. The Morgan fingerprint density at radius 3 is 3.00 bits per heavy atom. The van der Waals surface area contributed by atoms with E-state index in [1.54, 1.807) is 0 Å². The highest BCUT2D eigenvalue weighted by molar-refractivity contribution is 7.13. The molecule has 1 rings (SSSR count). The Morgan fingerprint density at radius 2 is 2.33 bits per heavy atom. The van der Waals surface area contributed by atoms with Crippen LogP contribution in [0.2, 0.25) is 0 Å². The molecule has 0 atom stereocenters. The van der Waals surface area contributed by atoms with Gasteiger partial charge in [-0.15, -0.1) is 11.3 Å². The molecule has 0 aliphatic rings. The van der Waals surface area contributed by atoms with Crippen LogP contribution >= 0.6 is 11.3 Å². The van der Waals surface area contributed by atoms with E-state index in [0.29, 0.717) is 24.7 Å². The number of anilines is 1. The number of hydrogen-bond acceptors (Lipinski definition) is 6. The molecule has 0 saturated heterocycles. The number of thiazole rings is 1. The predicted octanol–water partition coefficient (Wildman–Crippen LogP) is 0.0741. The molecule has 0 saturated carbocycles. The quantitative estimate of drug-likeness (QED) is 0.549. The maximum absolute atomic E-state index is 10.4. The average Bonchev–Trinajstić information content (AvgIpc) is 2.73. The van der Waals surface area contributed by atoms with E-state index < -0.39 is 11.9 Å². The third-order valence-electron chi connectivity index (χ3n) is 1.91. The molecular weight excluding hydrogens is 258 g/mol. The number of aryl methyl sites for hydroxylation is 1. The molecule has 0 aromatic carbocycles. The highest BCUT2D eigenvalue weighted by Gasteiger charge is 2.04. The number of nitrogens with two attached hydrogens (primary N) is 1. The predicted molar refractivity (Wildman–Crippen MR) is 66.6 cm³/mol. The van der Waals surface area contributed by atoms with Crippen LogP contribution in [0.4, 0.5) is 5.13 Å². The monoisotopic (exact) mass is 273 g/mol. The number of carboxylic acid groups (broad SMARTS) is 1. The van der Waals surface area contributed by atoms with Gasteiger partial charge in [-0.05, 0) is 0 Å². The first kappa shape index (κ1) is 14.4. The Labute approximate surface area is 108 Å². The van der Waals surface area contributed by atoms with Crippen LogP contribution in [0.15, 0.2) is 5.38 Å². The van der Waals surface area contributed by atoms with Gasteiger partial charge < -0.3 is 20.9 Å². The third-order valence-corrected chi connectivity index (χ3v) is 2.76. The molecule has 0 spiro atoms. The molecule has 4 N–H and O–H groups in total. The van der Waals surface area contributed by atoms with Gasteiger partial charge in [-0.25, -0.2) is 4.98 Å². The number of hydrogen-bond donors (Lipinski definition) is 3. The zero-order chi connectivity index (χ0) is 13.4. The zero-order valence-electron chi connectivity index (χ0n) is 9.72. The van der Waals surface area contributed by atoms with Gasteiger partial charge in [-0.2, -0.15) is 0 Å². The first-order valence-electron chi connectivity index (χ1n) is 5.34. The molecule has 7 nitrogen and oxygen atoms in total. The summed E-state index contributed by atoms with van der Waals surface area (Å²) in [6.45, 7) is 0.773. The highest BCUT2D eigenvalue weighted by atomic mass is 32.1. The van der Waals surface area contributed by atoms with Crippen molar-refractivity contribution in [2.24, 2.45) is 5.73 Å². The van der Waals surface area contributed by atoms with Crippen molar-refractivity contribution in [1.82, 2.24) is 4.98 Å². The normalized spacial score (nSPS) is 10.2. The van der Waals surface area contributed by atoms with Crippen LogP contribution in [0.25, 0.3) is 0 Å². The number of carbonyl (C=O) groups excluding carboxylic acids is 1. The Balaban J connectivity index is 2.18. The number of ether oxygens (including phenoxy) is 1. The summed E-state index contributed by atoms with van der Waals surface area (Å²) in [6, 6.07) is 0. The molecule has 0 fully saturated rings. The van der Waals surface area contributed by atoms with E-state index in [4.69, 9.17) is 15.6 Å². The van der Waals surface area contributed by atoms with Gasteiger partial charge in [-0.1, -0.05) is 0 Å². The summed E-state index contributed by atoms with van der Waals surface area (Å²) >= 11 is 1.40. The summed E-state index contributed by atoms with van der Waals surface area (Å²) in [5.74, 6) is -1.34. The van der Waals surface area contributed by atoms with E-state index in [0.717, 1.165) is 5.69 Å². The van der Waals surface area contributed by atoms with Gasteiger partial charge in [0, 0.05) is 18.3 Å². The van der Waals surface area contributed by atoms with Crippen molar-refractivity contribution in [3.8, 4) is 0 Å². The van der Waals surface area contributed by atoms with Crippen molar-refractivity contribution < 1.29 is 19.4 Å². The summed E-state index contributed by atoms with van der Waals surface area (Å²) in [6.07, 6.45) is 0.497. The number of aromatic nitrogens is 1. The minimum Gasteiger partial charge on any atom is -0.481 e. The molecule has 0 aliphatic heterocycles. The lowest BCUT2D eigenvalue weighted by atomic mass is 10.2. The van der Waals surface area contributed by atoms with Crippen LogP contribution in [-0.4, -0.2) is 41.7 Å². The largest absolute Gasteiger partial charge is 0.481 e. The maximum atomic E-state index is 10.4. The van der Waals surface area contributed by atoms with Crippen molar-refractivity contribution in [1.29, 1.82) is 0 Å². The molecule has 1 heterocycles. The lowest BCUT2D eigenvalue weighted by Crippen LogP contribution is -2.20. The van der Waals surface area contributed by atoms with Gasteiger partial charge >= 0.3 is 5.97 Å². The third kappa shape index (κ3) is 6.16. The number of primary amides is 1. The molecular formula is C10H15N3O4S. The van der Waals surface area contributed by atoms with Crippen molar-refractivity contribution in [3.63, 3.8) is 0 Å². The number of amides is 1. The first-order chi connectivity index (χ1) is 8.58. The maximum Gasteiger partial charge on any atom is 0.303 e. The van der Waals surface area contributed by atoms with Gasteiger partial charge in [0.2, 0.25) is 5.91 Å². The summed E-state index contributed by atoms with van der Waals surface area (Å²) in [7, 11) is 0. The summed E-state index contributed by atoms with van der Waals surface area (Å²) in [4.78, 5) is 25.0. The molecule has 100 valence electrons. The summed E-state index contributed by atoms with van der Waals surface area (Å²) in [5.41, 5.74) is 5.66. The minimum absolute atomic E-state index is 0.0743. The van der Waals surface area contributed by atoms with Gasteiger partial charge in [0.25, 0.3) is 0 Å². The van der Waals surface area contributed by atoms with Crippen LogP contribution in [-0.2, 0) is 20.7 Å². The molecule has 0 aliphatic carbocycles. The van der Waals surface area contributed by atoms with Crippen molar-refractivity contribution in [3.05, 3.63) is 11.1 Å². The molecule has 18 heavy (non-hydrogen) atoms. The summed E-state index contributed by atoms with van der Waals surface area (Å²) < 4.78 is 4.96. The van der Waals surface area contributed by atoms with E-state index in [-0.39, 0.29) is 13.0 Å². The summed E-state index contributed by atoms with van der Waals surface area (Å²) in [5, 5.41) is 14.1. The van der Waals surface area contributed by atoms with Crippen LogP contribution in [0.3, 0.4) is 0 Å². The van der Waals surface area contributed by atoms with Crippen LogP contribution in [0.5, 0.6) is 0 Å². The second-order valence-electron chi connectivity index (χ2n) is 3.48. The van der Waals surface area contributed by atoms with E-state index in [1.165, 1.54) is 11.3 Å². The fraction of sp³-hybridized carbons (Fsp3) is 0.500. The number of carboxylic acids is 1. The van der Waals surface area contributed by atoms with E-state index in [2.05, 4.69) is 10.3 Å². The Bertz CT molecular complexity index is 408. The molecule has 0 bridgehead atoms. The Hall–Kier alpha value is -1.67. The Kier molecular flexibility index (Phi) is 6.09. The number of aliphatic carboxylic acids is 1. The number of nitrogens with one attached hydrogen (secondary N) is 1. The number of rotatable bonds is 9. The zero-order valence-corrected chi connectivity index (χ0v) is 10.5. The topological polar surface area (TPSA) is 115 Å². The standard InChI is InChI=1S/C10H15N3O4S/c11-8(14)5-17-4-3-12-10-13-7(6-18-10)1-2-9(15)16/h6H,1-5H2,(H2,11,14)(H,12,13)(H,15,16). The molecule has 1 amide bonds. The van der Waals surface area contributed by atoms with Crippen LogP contribution in [0, 0.1) is 0 Å². The van der Waals surface area contributed by atoms with Gasteiger partial charge in [0.1, 0.15) is 6.61 Å². The van der Waals surface area contributed by atoms with Gasteiger partial charge in [-0.3, -0.25) is 9.59 Å². The SMILES string of the molecule is NC(=O)COCCNc1nc(CCC(=O)O)cs1. The van der Waals surface area contributed by atoms with Crippen molar-refractivity contribution in [2.45, 2.75) is 12.8 Å². The number of carbonyl (C=O) groups is 2. The lowest BCUT2D eigenvalue weighted by Gasteiger charge is -2.02. The first-order valence-corrected chi connectivity index (χ1v) is 6.22. The van der Waals surface area contributed by atoms with E-state index in [9.17, 15) is 9.59 Å². The van der Waals surface area contributed by atoms with Gasteiger partial charge in [0.15, 0.2) is 5.13 Å². The smallest absolute Gasteiger partial charge is 0.303 e. The van der Waals surface area contributed by atoms with Crippen molar-refractivity contribution in [2.75, 3.05) is 25.1 Å². The minimum atomic E-state index is -0.836. The fourth-order valence-corrected chi connectivity index (χ4v) is 1.91. The Morgan fingerprint density at radius 1 is 1.56 bits per heavy atom. The molecule has 8 heteroatoms. The molecule has 1 aromatic heterocycles. The van der Waals surface area contributed by atoms with Gasteiger partial charge in [0.05, 0.1) is 18.7 Å². The fourth-order valence-electron chi connectivity index (χ4n) is 1.14. The van der Waals surface area contributed by atoms with E-state index in [1.807, 2.05) is 5.38 Å². The second-order valence-corrected chi connectivity index (χ2v) is 4.34. The van der Waals surface area contributed by atoms with Crippen molar-refractivity contribution >= 4 is 28.3 Å². The second kappa shape index (κ2) is 7.62. The molecule has 1 aromatic rings. The highest BCUT2D eigenvalue weighted by Crippen LogP contribution is 2.16. The lowest BCUT2D eigenvalue weighted by molar-refractivity contribution is -0.137. The molecule has 0 unspecified atom stereocenters. The van der Waals surface area contributed by atoms with Crippen LogP contribution in [0.1, 0.15) is 12.1 Å². The molecule has 0 radical (unpaired) electrons. The average molecular weight is 273 g/mol. The van der Waals surface area contributed by atoms with E-state index >= 15 is 0 Å².